The van der Waals surface area contributed by atoms with Gasteiger partial charge in [0.05, 0.1) is 24.0 Å². The average molecular weight is 470 g/mol. The minimum Gasteiger partial charge on any atom is -0.493 e. The van der Waals surface area contributed by atoms with E-state index in [9.17, 15) is 9.18 Å². The molecule has 0 atom stereocenters. The summed E-state index contributed by atoms with van der Waals surface area (Å²) in [6, 6.07) is 11.6. The van der Waals surface area contributed by atoms with Crippen LogP contribution < -0.4 is 14.8 Å². The Morgan fingerprint density at radius 3 is 2.78 bits per heavy atom. The lowest BCUT2D eigenvalue weighted by atomic mass is 10.1. The molecule has 2 aromatic carbocycles. The van der Waals surface area contributed by atoms with Crippen molar-refractivity contribution in [3.05, 3.63) is 86.6 Å². The fraction of sp³-hybridized carbons (Fsp3) is 0.174. The predicted octanol–water partition coefficient (Wildman–Crippen LogP) is 5.48. The molecule has 32 heavy (non-hydrogen) atoms. The Morgan fingerprint density at radius 2 is 2.03 bits per heavy atom. The van der Waals surface area contributed by atoms with Crippen molar-refractivity contribution < 1.29 is 18.7 Å². The van der Waals surface area contributed by atoms with E-state index in [2.05, 4.69) is 15.3 Å². The first-order valence-corrected chi connectivity index (χ1v) is 11.5. The van der Waals surface area contributed by atoms with E-state index in [0.717, 1.165) is 16.3 Å². The first-order valence-electron chi connectivity index (χ1n) is 9.72. The van der Waals surface area contributed by atoms with Crippen LogP contribution in [-0.4, -0.2) is 23.0 Å². The largest absolute Gasteiger partial charge is 0.493 e. The number of benzene rings is 2. The third-order valence-corrected chi connectivity index (χ3v) is 6.41. The third kappa shape index (κ3) is 5.12. The highest BCUT2D eigenvalue weighted by Crippen LogP contribution is 2.30. The number of aromatic nitrogens is 2. The van der Waals surface area contributed by atoms with Crippen molar-refractivity contribution in [1.82, 2.24) is 9.97 Å². The van der Waals surface area contributed by atoms with Crippen LogP contribution in [0.3, 0.4) is 0 Å². The number of hydrogen-bond donors (Lipinski definition) is 1. The zero-order chi connectivity index (χ0) is 22.5. The number of ether oxygens (including phenoxy) is 2. The molecule has 4 aromatic rings. The molecule has 0 saturated heterocycles. The SMILES string of the molecule is COc1cc(C(=O)Nc2nc(C)c(Cc3ccccc3F)s2)ccc1OCc1cscn1. The van der Waals surface area contributed by atoms with Crippen molar-refractivity contribution in [2.24, 2.45) is 0 Å². The van der Waals surface area contributed by atoms with Crippen LogP contribution in [0.1, 0.15) is 32.2 Å². The Bertz CT molecular complexity index is 1230. The quantitative estimate of drug-likeness (QED) is 0.370. The second-order valence-corrected chi connectivity index (χ2v) is 8.69. The number of rotatable bonds is 8. The maximum absolute atomic E-state index is 14.0. The number of halogens is 1. The Morgan fingerprint density at radius 1 is 1.19 bits per heavy atom. The number of nitrogens with one attached hydrogen (secondary N) is 1. The normalized spacial score (nSPS) is 10.7. The summed E-state index contributed by atoms with van der Waals surface area (Å²) in [7, 11) is 1.52. The van der Waals surface area contributed by atoms with Crippen molar-refractivity contribution in [3.63, 3.8) is 0 Å². The maximum atomic E-state index is 14.0. The Labute approximate surface area is 192 Å². The van der Waals surface area contributed by atoms with Gasteiger partial charge in [-0.05, 0) is 36.8 Å². The van der Waals surface area contributed by atoms with Gasteiger partial charge in [-0.1, -0.05) is 18.2 Å². The highest BCUT2D eigenvalue weighted by Gasteiger charge is 2.16. The molecule has 0 bridgehead atoms. The average Bonchev–Trinajstić information content (AvgIpc) is 3.43. The summed E-state index contributed by atoms with van der Waals surface area (Å²) in [6.45, 7) is 2.16. The molecule has 0 aliphatic carbocycles. The minimum absolute atomic E-state index is 0.255. The molecular formula is C23H20FN3O3S2. The monoisotopic (exact) mass is 469 g/mol. The van der Waals surface area contributed by atoms with Crippen LogP contribution >= 0.6 is 22.7 Å². The van der Waals surface area contributed by atoms with E-state index < -0.39 is 0 Å². The first kappa shape index (κ1) is 21.9. The van der Waals surface area contributed by atoms with Crippen LogP contribution in [0, 0.1) is 12.7 Å². The van der Waals surface area contributed by atoms with Crippen LogP contribution in [0.5, 0.6) is 11.5 Å². The van der Waals surface area contributed by atoms with Gasteiger partial charge in [-0.15, -0.1) is 22.7 Å². The lowest BCUT2D eigenvalue weighted by molar-refractivity contribution is 0.102. The summed E-state index contributed by atoms with van der Waals surface area (Å²) >= 11 is 2.83. The van der Waals surface area contributed by atoms with Gasteiger partial charge in [0.25, 0.3) is 5.91 Å². The van der Waals surface area contributed by atoms with E-state index in [-0.39, 0.29) is 11.7 Å². The fourth-order valence-electron chi connectivity index (χ4n) is 3.02. The van der Waals surface area contributed by atoms with Crippen LogP contribution in [0.15, 0.2) is 53.4 Å². The fourth-order valence-corrected chi connectivity index (χ4v) is 4.54. The topological polar surface area (TPSA) is 73.3 Å². The zero-order valence-electron chi connectivity index (χ0n) is 17.4. The summed E-state index contributed by atoms with van der Waals surface area (Å²) in [5.74, 6) is 0.397. The number of nitrogens with zero attached hydrogens (tertiary/aromatic N) is 2. The van der Waals surface area contributed by atoms with Crippen molar-refractivity contribution in [2.45, 2.75) is 20.0 Å². The van der Waals surface area contributed by atoms with Gasteiger partial charge in [-0.3, -0.25) is 10.1 Å². The molecule has 0 aliphatic heterocycles. The second-order valence-electron chi connectivity index (χ2n) is 6.88. The van der Waals surface area contributed by atoms with Crippen LogP contribution in [-0.2, 0) is 13.0 Å². The molecule has 1 N–H and O–H groups in total. The number of amides is 1. The smallest absolute Gasteiger partial charge is 0.257 e. The molecule has 6 nitrogen and oxygen atoms in total. The Balaban J connectivity index is 1.45. The van der Waals surface area contributed by atoms with Crippen LogP contribution in [0.2, 0.25) is 0 Å². The van der Waals surface area contributed by atoms with Gasteiger partial charge in [0.15, 0.2) is 16.6 Å². The van der Waals surface area contributed by atoms with Gasteiger partial charge in [0.2, 0.25) is 0 Å². The number of carbonyl (C=O) groups is 1. The minimum atomic E-state index is -0.319. The van der Waals surface area contributed by atoms with Gasteiger partial charge in [0, 0.05) is 22.2 Å². The van der Waals surface area contributed by atoms with Crippen molar-refractivity contribution >= 4 is 33.7 Å². The van der Waals surface area contributed by atoms with E-state index >= 15 is 0 Å². The summed E-state index contributed by atoms with van der Waals surface area (Å²) < 4.78 is 25.1. The predicted molar refractivity (Wildman–Crippen MR) is 123 cm³/mol. The highest BCUT2D eigenvalue weighted by atomic mass is 32.1. The number of thiazole rings is 2. The highest BCUT2D eigenvalue weighted by molar-refractivity contribution is 7.15. The standard InChI is InChI=1S/C23H20FN3O3S2/c1-14-21(10-15-5-3-4-6-18(15)24)32-23(26-14)27-22(28)16-7-8-19(20(9-16)29-2)30-11-17-12-31-13-25-17/h3-9,12-13H,10-11H2,1-2H3,(H,26,27,28). The second kappa shape index (κ2) is 9.88. The van der Waals surface area contributed by atoms with Crippen LogP contribution in [0.25, 0.3) is 0 Å². The molecule has 2 heterocycles. The molecule has 0 saturated carbocycles. The van der Waals surface area contributed by atoms with Crippen molar-refractivity contribution in [2.75, 3.05) is 12.4 Å². The first-order chi connectivity index (χ1) is 15.5. The molecule has 0 radical (unpaired) electrons. The van der Waals surface area contributed by atoms with E-state index in [0.29, 0.717) is 40.8 Å². The number of carbonyl (C=O) groups excluding carboxylic acids is 1. The molecule has 0 unspecified atom stereocenters. The van der Waals surface area contributed by atoms with Crippen LogP contribution in [0.4, 0.5) is 9.52 Å². The lowest BCUT2D eigenvalue weighted by Crippen LogP contribution is -2.12. The molecule has 1 amide bonds. The van der Waals surface area contributed by atoms with Gasteiger partial charge in [-0.25, -0.2) is 14.4 Å². The van der Waals surface area contributed by atoms with E-state index in [1.807, 2.05) is 12.3 Å². The number of aryl methyl sites for hydroxylation is 1. The van der Waals surface area contributed by atoms with E-state index in [1.54, 1.807) is 41.9 Å². The van der Waals surface area contributed by atoms with Crippen molar-refractivity contribution in [3.8, 4) is 11.5 Å². The molecule has 0 fully saturated rings. The zero-order valence-corrected chi connectivity index (χ0v) is 19.1. The van der Waals surface area contributed by atoms with Gasteiger partial charge in [0.1, 0.15) is 12.4 Å². The molecule has 0 aliphatic rings. The molecule has 164 valence electrons. The van der Waals surface area contributed by atoms with E-state index in [4.69, 9.17) is 9.47 Å². The number of hydrogen-bond acceptors (Lipinski definition) is 7. The Hall–Kier alpha value is -3.30. The lowest BCUT2D eigenvalue weighted by Gasteiger charge is -2.11. The molecule has 4 rings (SSSR count). The number of methoxy groups -OCH3 is 1. The summed E-state index contributed by atoms with van der Waals surface area (Å²) in [5, 5.41) is 5.18. The summed E-state index contributed by atoms with van der Waals surface area (Å²) in [4.78, 5) is 22.3. The Kier molecular flexibility index (Phi) is 6.77. The van der Waals surface area contributed by atoms with E-state index in [1.165, 1.54) is 35.8 Å². The third-order valence-electron chi connectivity index (χ3n) is 4.71. The van der Waals surface area contributed by atoms with Gasteiger partial charge >= 0.3 is 0 Å². The van der Waals surface area contributed by atoms with Gasteiger partial charge < -0.3 is 9.47 Å². The molecular weight excluding hydrogens is 449 g/mol. The number of anilines is 1. The maximum Gasteiger partial charge on any atom is 0.257 e. The molecule has 9 heteroatoms. The summed E-state index contributed by atoms with van der Waals surface area (Å²) in [6.07, 6.45) is 0.422. The molecule has 2 aromatic heterocycles. The molecule has 0 spiro atoms. The van der Waals surface area contributed by atoms with Crippen molar-refractivity contribution in [1.29, 1.82) is 0 Å². The summed E-state index contributed by atoms with van der Waals surface area (Å²) in [5.41, 5.74) is 4.33. The van der Waals surface area contributed by atoms with Gasteiger partial charge in [-0.2, -0.15) is 0 Å².